The topological polar surface area (TPSA) is 135 Å². The second-order valence-electron chi connectivity index (χ2n) is 14.4. The van der Waals surface area contributed by atoms with E-state index in [0.717, 1.165) is 38.7 Å². The summed E-state index contributed by atoms with van der Waals surface area (Å²) in [5, 5.41) is 21.9. The molecule has 0 bridgehead atoms. The Kier molecular flexibility index (Phi) is 10.5. The molecule has 2 N–H and O–H groups in total. The van der Waals surface area contributed by atoms with Crippen LogP contribution < -0.4 is 14.8 Å². The summed E-state index contributed by atoms with van der Waals surface area (Å²) in [4.78, 5) is 56.5. The number of imide groups is 2. The van der Waals surface area contributed by atoms with Crippen molar-refractivity contribution in [3.63, 3.8) is 0 Å². The van der Waals surface area contributed by atoms with Crippen molar-refractivity contribution < 1.29 is 33.8 Å². The van der Waals surface area contributed by atoms with Gasteiger partial charge in [-0.2, -0.15) is 0 Å². The number of rotatable bonds is 14. The number of benzene rings is 5. The van der Waals surface area contributed by atoms with E-state index >= 15 is 0 Å². The number of aryl methyl sites for hydroxylation is 1. The van der Waals surface area contributed by atoms with Crippen LogP contribution in [0.2, 0.25) is 0 Å². The Morgan fingerprint density at radius 1 is 0.596 bits per heavy atom. The van der Waals surface area contributed by atoms with E-state index in [1.807, 2.05) is 58.0 Å². The monoisotopic (exact) mass is 763 g/mol. The van der Waals surface area contributed by atoms with Gasteiger partial charge in [0.1, 0.15) is 24.5 Å². The molecule has 4 aromatic carbocycles. The maximum absolute atomic E-state index is 13.0. The highest BCUT2D eigenvalue weighted by atomic mass is 16.3. The van der Waals surface area contributed by atoms with Gasteiger partial charge in [0.15, 0.2) is 6.54 Å². The van der Waals surface area contributed by atoms with Crippen LogP contribution in [0.4, 0.5) is 5.69 Å². The molecular weight excluding hydrogens is 721 g/mol. The lowest BCUT2D eigenvalue weighted by Crippen LogP contribution is -2.37. The van der Waals surface area contributed by atoms with Crippen LogP contribution in [0.1, 0.15) is 59.8 Å². The third kappa shape index (κ3) is 7.00. The Morgan fingerprint density at radius 3 is 1.75 bits per heavy atom. The predicted molar refractivity (Wildman–Crippen MR) is 217 cm³/mol. The van der Waals surface area contributed by atoms with E-state index in [0.29, 0.717) is 72.6 Å². The lowest BCUT2D eigenvalue weighted by atomic mass is 9.91. The van der Waals surface area contributed by atoms with E-state index < -0.39 is 0 Å². The summed E-state index contributed by atoms with van der Waals surface area (Å²) in [5.41, 5.74) is 7.24. The molecule has 0 aromatic heterocycles. The van der Waals surface area contributed by atoms with Crippen LogP contribution in [0.15, 0.2) is 114 Å². The zero-order valence-corrected chi connectivity index (χ0v) is 31.7. The molecule has 3 heterocycles. The van der Waals surface area contributed by atoms with Gasteiger partial charge in [0.05, 0.1) is 34.9 Å². The van der Waals surface area contributed by atoms with Gasteiger partial charge in [-0.1, -0.05) is 48.5 Å². The first-order valence-corrected chi connectivity index (χ1v) is 19.3. The molecule has 0 unspecified atom stereocenters. The van der Waals surface area contributed by atoms with E-state index in [9.17, 15) is 29.4 Å². The van der Waals surface area contributed by atoms with Crippen molar-refractivity contribution >= 4 is 40.3 Å². The summed E-state index contributed by atoms with van der Waals surface area (Å²) in [7, 11) is 0. The van der Waals surface area contributed by atoms with E-state index in [1.165, 1.54) is 9.80 Å². The van der Waals surface area contributed by atoms with Crippen molar-refractivity contribution in [1.29, 1.82) is 0 Å². The fraction of sp³-hybridized carbons (Fsp3) is 0.239. The average Bonchev–Trinajstić information content (AvgIpc) is 3.62. The van der Waals surface area contributed by atoms with Gasteiger partial charge in [-0.25, -0.2) is 4.58 Å². The number of nitrogens with zero attached hydrogens (tertiary/aromatic N) is 4. The van der Waals surface area contributed by atoms with Crippen LogP contribution in [0.25, 0.3) is 33.4 Å². The quantitative estimate of drug-likeness (QED) is 0.0851. The molecule has 57 heavy (non-hydrogen) atoms. The number of carbonyl (C=O) groups is 4. The van der Waals surface area contributed by atoms with Crippen LogP contribution in [-0.4, -0.2) is 96.1 Å². The zero-order valence-electron chi connectivity index (χ0n) is 31.7. The SMILES string of the molecule is Cc1ccccc1-c1c2cc/c(=[N+](\CCO)CCCN3C(=O)c4ccccc4C3=O)cc-2oc2cc(N(CCO)CCCN3C(=O)c4ccccc4C3=O)ccc12. The van der Waals surface area contributed by atoms with Gasteiger partial charge in [0, 0.05) is 66.9 Å². The standard InChI is InChI=1S/C46H43N4O7/c1-30-10-2-3-11-33(30)42-38-18-16-31(47(24-26-51)20-8-22-49-43(53)34-12-4-5-13-35(34)44(49)54)28-40(38)57-41-29-32(17-19-39(41)42)48(25-27-52)21-9-23-50-45(55)36-14-6-7-15-37(36)46(50)56/h2-7,10-19,28-29,51-52H,8-9,20-27H2,1H3/q+1. The second kappa shape index (κ2) is 16.0. The molecule has 0 saturated heterocycles. The lowest BCUT2D eigenvalue weighted by molar-refractivity contribution is 0.0637. The Morgan fingerprint density at radius 2 is 1.18 bits per heavy atom. The molecule has 11 heteroatoms. The summed E-state index contributed by atoms with van der Waals surface area (Å²) in [6.07, 6.45) is 1.01. The minimum atomic E-state index is -0.288. The molecule has 0 atom stereocenters. The first kappa shape index (κ1) is 37.5. The van der Waals surface area contributed by atoms with Gasteiger partial charge in [-0.15, -0.1) is 0 Å². The van der Waals surface area contributed by atoms with Crippen molar-refractivity contribution in [3.05, 3.63) is 142 Å². The highest BCUT2D eigenvalue weighted by molar-refractivity contribution is 6.22. The number of aliphatic hydroxyl groups excluding tert-OH is 2. The second-order valence-corrected chi connectivity index (χ2v) is 14.4. The molecule has 3 aliphatic heterocycles. The Labute approximate surface area is 329 Å². The van der Waals surface area contributed by atoms with Crippen molar-refractivity contribution in [2.75, 3.05) is 57.4 Å². The molecule has 1 aliphatic carbocycles. The van der Waals surface area contributed by atoms with Crippen LogP contribution in [-0.2, 0) is 0 Å². The van der Waals surface area contributed by atoms with Crippen LogP contribution in [0, 0.1) is 6.92 Å². The number of hydrogen-bond donors (Lipinski definition) is 2. The first-order chi connectivity index (χ1) is 27.8. The van der Waals surface area contributed by atoms with Crippen LogP contribution >= 0.6 is 0 Å². The molecular formula is C46H43N4O7+. The maximum Gasteiger partial charge on any atom is 0.261 e. The highest BCUT2D eigenvalue weighted by Gasteiger charge is 2.36. The van der Waals surface area contributed by atoms with Gasteiger partial charge in [0.25, 0.3) is 23.6 Å². The lowest BCUT2D eigenvalue weighted by Gasteiger charge is -2.26. The molecule has 0 radical (unpaired) electrons. The van der Waals surface area contributed by atoms with Crippen molar-refractivity contribution in [2.24, 2.45) is 0 Å². The molecule has 11 nitrogen and oxygen atoms in total. The fourth-order valence-electron chi connectivity index (χ4n) is 8.11. The zero-order chi connectivity index (χ0) is 39.6. The smallest absolute Gasteiger partial charge is 0.261 e. The van der Waals surface area contributed by atoms with E-state index in [1.54, 1.807) is 48.5 Å². The maximum atomic E-state index is 13.0. The Balaban J connectivity index is 1.11. The van der Waals surface area contributed by atoms with Crippen LogP contribution in [0.3, 0.4) is 0 Å². The molecule has 4 amide bonds. The summed E-state index contributed by atoms with van der Waals surface area (Å²) in [5.74, 6) is -0.514. The number of aliphatic hydroxyl groups is 2. The van der Waals surface area contributed by atoms with Crippen molar-refractivity contribution in [3.8, 4) is 22.5 Å². The van der Waals surface area contributed by atoms with E-state index in [2.05, 4.69) is 19.1 Å². The van der Waals surface area contributed by atoms with Gasteiger partial charge in [-0.05, 0) is 66.9 Å². The average molecular weight is 764 g/mol. The summed E-state index contributed by atoms with van der Waals surface area (Å²) < 4.78 is 8.74. The summed E-state index contributed by atoms with van der Waals surface area (Å²) in [6, 6.07) is 33.9. The van der Waals surface area contributed by atoms with Gasteiger partial charge >= 0.3 is 0 Å². The number of hydrogen-bond acceptors (Lipinski definition) is 8. The number of fused-ring (bicyclic) bond motifs is 4. The minimum absolute atomic E-state index is 0.0918. The number of amides is 4. The highest BCUT2D eigenvalue weighted by Crippen LogP contribution is 2.42. The predicted octanol–water partition coefficient (Wildman–Crippen LogP) is 5.45. The molecule has 0 spiro atoms. The number of anilines is 1. The third-order valence-corrected chi connectivity index (χ3v) is 10.9. The summed E-state index contributed by atoms with van der Waals surface area (Å²) in [6.45, 7) is 4.04. The molecule has 4 aromatic rings. The Bertz CT molecular complexity index is 2520. The minimum Gasteiger partial charge on any atom is -0.456 e. The molecule has 0 saturated carbocycles. The summed E-state index contributed by atoms with van der Waals surface area (Å²) >= 11 is 0. The van der Waals surface area contributed by atoms with Gasteiger partial charge in [0.2, 0.25) is 5.36 Å². The molecule has 8 rings (SSSR count). The third-order valence-electron chi connectivity index (χ3n) is 10.9. The van der Waals surface area contributed by atoms with Crippen molar-refractivity contribution in [1.82, 2.24) is 14.4 Å². The molecule has 288 valence electrons. The Hall–Kier alpha value is -6.43. The number of carbonyl (C=O) groups excluding carboxylic acids is 4. The fourth-order valence-corrected chi connectivity index (χ4v) is 8.11. The van der Waals surface area contributed by atoms with E-state index in [4.69, 9.17) is 4.42 Å². The molecule has 4 aliphatic rings. The van der Waals surface area contributed by atoms with Crippen LogP contribution in [0.5, 0.6) is 0 Å². The largest absolute Gasteiger partial charge is 0.456 e. The van der Waals surface area contributed by atoms with Gasteiger partial charge < -0.3 is 19.5 Å². The first-order valence-electron chi connectivity index (χ1n) is 19.3. The van der Waals surface area contributed by atoms with Crippen molar-refractivity contribution in [2.45, 2.75) is 19.8 Å². The normalized spacial score (nSPS) is 14.2. The van der Waals surface area contributed by atoms with Gasteiger partial charge in [-0.3, -0.25) is 29.0 Å². The van der Waals surface area contributed by atoms with E-state index in [-0.39, 0.29) is 49.9 Å². The molecule has 0 fully saturated rings.